The molecule has 1 N–H and O–H groups in total. The van der Waals surface area contributed by atoms with Crippen LogP contribution < -0.4 is 5.32 Å². The minimum absolute atomic E-state index is 0.0224. The fraction of sp³-hybridized carbons (Fsp3) is 0.421. The predicted octanol–water partition coefficient (Wildman–Crippen LogP) is 2.87. The van der Waals surface area contributed by atoms with Gasteiger partial charge < -0.3 is 9.88 Å². The molecule has 1 saturated heterocycles. The van der Waals surface area contributed by atoms with E-state index in [1.807, 2.05) is 42.9 Å². The van der Waals surface area contributed by atoms with Crippen molar-refractivity contribution in [1.29, 1.82) is 0 Å². The molecule has 1 amide bonds. The lowest BCUT2D eigenvalue weighted by Gasteiger charge is -2.33. The molecule has 128 valence electrons. The van der Waals surface area contributed by atoms with Gasteiger partial charge in [0.05, 0.1) is 5.56 Å². The van der Waals surface area contributed by atoms with Crippen LogP contribution in [-0.4, -0.2) is 34.5 Å². The molecule has 24 heavy (non-hydrogen) atoms. The number of aromatic nitrogens is 1. The summed E-state index contributed by atoms with van der Waals surface area (Å²) >= 11 is 0. The van der Waals surface area contributed by atoms with E-state index in [4.69, 9.17) is 0 Å². The zero-order valence-corrected chi connectivity index (χ0v) is 14.3. The van der Waals surface area contributed by atoms with Crippen molar-refractivity contribution in [1.82, 2.24) is 14.8 Å². The third-order valence-electron chi connectivity index (χ3n) is 4.82. The minimum Gasteiger partial charge on any atom is -0.354 e. The summed E-state index contributed by atoms with van der Waals surface area (Å²) in [6, 6.07) is 8.85. The maximum Gasteiger partial charge on any atom is 0.253 e. The van der Waals surface area contributed by atoms with E-state index in [1.165, 1.54) is 6.07 Å². The first-order chi connectivity index (χ1) is 11.5. The number of amides is 1. The molecule has 4 nitrogen and oxygen atoms in total. The summed E-state index contributed by atoms with van der Waals surface area (Å²) in [5.74, 6) is -0.186. The molecule has 1 atom stereocenters. The molecule has 1 aromatic carbocycles. The zero-order chi connectivity index (χ0) is 17.1. The standard InChI is InChI=1S/C19H24FN3O/c1-14-17(9-11-22(14)2)19(24)21-16-7-5-10-23(13-16)12-15-6-3-4-8-18(15)20/h3-4,6,8-9,11,16H,5,7,10,12-13H2,1-2H3,(H,21,24). The van der Waals surface area contributed by atoms with Gasteiger partial charge in [0.1, 0.15) is 5.82 Å². The van der Waals surface area contributed by atoms with E-state index < -0.39 is 0 Å². The average Bonchev–Trinajstić information content (AvgIpc) is 2.90. The highest BCUT2D eigenvalue weighted by molar-refractivity contribution is 5.95. The van der Waals surface area contributed by atoms with E-state index in [1.54, 1.807) is 6.07 Å². The second kappa shape index (κ2) is 7.18. The number of aryl methyl sites for hydroxylation is 1. The van der Waals surface area contributed by atoms with Crippen molar-refractivity contribution >= 4 is 5.91 Å². The van der Waals surface area contributed by atoms with E-state index >= 15 is 0 Å². The summed E-state index contributed by atoms with van der Waals surface area (Å²) in [7, 11) is 1.93. The Balaban J connectivity index is 1.60. The molecule has 2 aromatic rings. The molecule has 0 aliphatic carbocycles. The molecule has 0 spiro atoms. The highest BCUT2D eigenvalue weighted by atomic mass is 19.1. The molecule has 0 saturated carbocycles. The van der Waals surface area contributed by atoms with Crippen LogP contribution in [0.1, 0.15) is 34.5 Å². The van der Waals surface area contributed by atoms with Gasteiger partial charge in [0.2, 0.25) is 0 Å². The Hall–Kier alpha value is -2.14. The molecule has 2 heterocycles. The van der Waals surface area contributed by atoms with E-state index in [2.05, 4.69) is 10.2 Å². The van der Waals surface area contributed by atoms with Crippen LogP contribution >= 0.6 is 0 Å². The van der Waals surface area contributed by atoms with Crippen LogP contribution in [0.5, 0.6) is 0 Å². The van der Waals surface area contributed by atoms with Gasteiger partial charge in [-0.25, -0.2) is 4.39 Å². The molecule has 1 aromatic heterocycles. The minimum atomic E-state index is -0.163. The van der Waals surface area contributed by atoms with Crippen LogP contribution in [0.3, 0.4) is 0 Å². The summed E-state index contributed by atoms with van der Waals surface area (Å²) in [5, 5.41) is 3.13. The first-order valence-electron chi connectivity index (χ1n) is 8.43. The molecule has 1 unspecified atom stereocenters. The van der Waals surface area contributed by atoms with Crippen molar-refractivity contribution < 1.29 is 9.18 Å². The summed E-state index contributed by atoms with van der Waals surface area (Å²) in [5.41, 5.74) is 2.40. The number of hydrogen-bond donors (Lipinski definition) is 1. The van der Waals surface area contributed by atoms with Gasteiger partial charge in [0, 0.05) is 43.6 Å². The number of carbonyl (C=O) groups excluding carboxylic acids is 1. The Kier molecular flexibility index (Phi) is 5.00. The number of hydrogen-bond acceptors (Lipinski definition) is 2. The van der Waals surface area contributed by atoms with Crippen molar-refractivity contribution in [3.05, 3.63) is 59.2 Å². The first-order valence-corrected chi connectivity index (χ1v) is 8.43. The average molecular weight is 329 g/mol. The highest BCUT2D eigenvalue weighted by Crippen LogP contribution is 2.17. The number of nitrogens with one attached hydrogen (secondary N) is 1. The molecule has 5 heteroatoms. The van der Waals surface area contributed by atoms with Gasteiger partial charge >= 0.3 is 0 Å². The molecule has 1 aliphatic heterocycles. The number of piperidine rings is 1. The van der Waals surface area contributed by atoms with Crippen LogP contribution in [0, 0.1) is 12.7 Å². The van der Waals surface area contributed by atoms with Crippen molar-refractivity contribution in [3.8, 4) is 0 Å². The molecule has 1 aliphatic rings. The van der Waals surface area contributed by atoms with Gasteiger partial charge in [-0.3, -0.25) is 9.69 Å². The van der Waals surface area contributed by atoms with Crippen LogP contribution in [0.4, 0.5) is 4.39 Å². The Labute approximate surface area is 142 Å². The Morgan fingerprint density at radius 1 is 1.33 bits per heavy atom. The normalized spacial score (nSPS) is 18.5. The Morgan fingerprint density at radius 3 is 2.83 bits per heavy atom. The summed E-state index contributed by atoms with van der Waals surface area (Å²) in [6.45, 7) is 4.22. The van der Waals surface area contributed by atoms with Gasteiger partial charge in [0.15, 0.2) is 0 Å². The third-order valence-corrected chi connectivity index (χ3v) is 4.82. The van der Waals surface area contributed by atoms with E-state index in [0.717, 1.165) is 37.2 Å². The second-order valence-corrected chi connectivity index (χ2v) is 6.56. The quantitative estimate of drug-likeness (QED) is 0.936. The smallest absolute Gasteiger partial charge is 0.253 e. The maximum absolute atomic E-state index is 13.8. The van der Waals surface area contributed by atoms with Gasteiger partial charge in [-0.05, 0) is 38.4 Å². The van der Waals surface area contributed by atoms with Gasteiger partial charge in [-0.1, -0.05) is 18.2 Å². The van der Waals surface area contributed by atoms with Crippen molar-refractivity contribution in [3.63, 3.8) is 0 Å². The van der Waals surface area contributed by atoms with Crippen LogP contribution in [-0.2, 0) is 13.6 Å². The van der Waals surface area contributed by atoms with Gasteiger partial charge in [-0.15, -0.1) is 0 Å². The SMILES string of the molecule is Cc1c(C(=O)NC2CCCN(Cc3ccccc3F)C2)ccn1C. The van der Waals surface area contributed by atoms with Gasteiger partial charge in [-0.2, -0.15) is 0 Å². The Morgan fingerprint density at radius 2 is 2.12 bits per heavy atom. The molecular formula is C19H24FN3O. The zero-order valence-electron chi connectivity index (χ0n) is 14.3. The fourth-order valence-corrected chi connectivity index (χ4v) is 3.30. The maximum atomic E-state index is 13.8. The number of likely N-dealkylation sites (tertiary alicyclic amines) is 1. The summed E-state index contributed by atoms with van der Waals surface area (Å²) in [6.07, 6.45) is 3.87. The lowest BCUT2D eigenvalue weighted by Crippen LogP contribution is -2.47. The highest BCUT2D eigenvalue weighted by Gasteiger charge is 2.23. The number of carbonyl (C=O) groups is 1. The van der Waals surface area contributed by atoms with E-state index in [-0.39, 0.29) is 17.8 Å². The Bertz CT molecular complexity index is 725. The van der Waals surface area contributed by atoms with Crippen molar-refractivity contribution in [2.24, 2.45) is 7.05 Å². The number of halogens is 1. The molecule has 0 radical (unpaired) electrons. The molecule has 0 bridgehead atoms. The fourth-order valence-electron chi connectivity index (χ4n) is 3.30. The number of nitrogens with zero attached hydrogens (tertiary/aromatic N) is 2. The first kappa shape index (κ1) is 16.7. The number of rotatable bonds is 4. The molecule has 3 rings (SSSR count). The largest absolute Gasteiger partial charge is 0.354 e. The lowest BCUT2D eigenvalue weighted by atomic mass is 10.0. The number of benzene rings is 1. The van der Waals surface area contributed by atoms with Crippen molar-refractivity contribution in [2.75, 3.05) is 13.1 Å². The summed E-state index contributed by atoms with van der Waals surface area (Å²) in [4.78, 5) is 14.7. The molecular weight excluding hydrogens is 305 g/mol. The predicted molar refractivity (Wildman–Crippen MR) is 92.3 cm³/mol. The van der Waals surface area contributed by atoms with Gasteiger partial charge in [0.25, 0.3) is 5.91 Å². The monoisotopic (exact) mass is 329 g/mol. The molecule has 1 fully saturated rings. The summed E-state index contributed by atoms with van der Waals surface area (Å²) < 4.78 is 15.8. The van der Waals surface area contributed by atoms with Crippen LogP contribution in [0.25, 0.3) is 0 Å². The van der Waals surface area contributed by atoms with Crippen molar-refractivity contribution in [2.45, 2.75) is 32.4 Å². The van der Waals surface area contributed by atoms with Crippen LogP contribution in [0.2, 0.25) is 0 Å². The van der Waals surface area contributed by atoms with E-state index in [9.17, 15) is 9.18 Å². The topological polar surface area (TPSA) is 37.3 Å². The second-order valence-electron chi connectivity index (χ2n) is 6.56. The third kappa shape index (κ3) is 3.67. The lowest BCUT2D eigenvalue weighted by molar-refractivity contribution is 0.0899. The van der Waals surface area contributed by atoms with Crippen LogP contribution in [0.15, 0.2) is 36.5 Å². The van der Waals surface area contributed by atoms with E-state index in [0.29, 0.717) is 12.1 Å².